The van der Waals surface area contributed by atoms with Crippen molar-refractivity contribution in [2.24, 2.45) is 0 Å². The summed E-state index contributed by atoms with van der Waals surface area (Å²) in [7, 11) is 0. The first-order valence-electron chi connectivity index (χ1n) is 9.59. The van der Waals surface area contributed by atoms with Gasteiger partial charge < -0.3 is 15.1 Å². The highest BCUT2D eigenvalue weighted by atomic mass is 16.2. The number of likely N-dealkylation sites (N-methyl/N-ethyl adjacent to an activating group) is 1. The second-order valence-electron chi connectivity index (χ2n) is 6.77. The Morgan fingerprint density at radius 2 is 1.57 bits per heavy atom. The summed E-state index contributed by atoms with van der Waals surface area (Å²) in [5.41, 5.74) is 3.34. The van der Waals surface area contributed by atoms with Crippen LogP contribution < -0.4 is 5.32 Å². The molecule has 1 heterocycles. The summed E-state index contributed by atoms with van der Waals surface area (Å²) < 4.78 is 0. The minimum Gasteiger partial charge on any atom is -0.333 e. The first-order valence-corrected chi connectivity index (χ1v) is 9.59. The van der Waals surface area contributed by atoms with Gasteiger partial charge in [-0.3, -0.25) is 14.4 Å². The number of benzene rings is 2. The van der Waals surface area contributed by atoms with Gasteiger partial charge in [0.05, 0.1) is 0 Å². The molecule has 2 aromatic carbocycles. The molecule has 28 heavy (non-hydrogen) atoms. The number of para-hydroxylation sites is 1. The second kappa shape index (κ2) is 8.69. The molecule has 6 heteroatoms. The van der Waals surface area contributed by atoms with Crippen LogP contribution in [0.25, 0.3) is 0 Å². The smallest absolute Gasteiger partial charge is 0.312 e. The summed E-state index contributed by atoms with van der Waals surface area (Å²) in [6, 6.07) is 14.9. The maximum absolute atomic E-state index is 12.5. The number of carbonyl (C=O) groups excluding carboxylic acids is 3. The molecule has 1 aliphatic heterocycles. The predicted octanol–water partition coefficient (Wildman–Crippen LogP) is 2.69. The molecule has 0 bridgehead atoms. The summed E-state index contributed by atoms with van der Waals surface area (Å²) in [6.07, 6.45) is 0.841. The van der Waals surface area contributed by atoms with Crippen molar-refractivity contribution in [3.8, 4) is 0 Å². The van der Waals surface area contributed by atoms with E-state index in [0.717, 1.165) is 23.2 Å². The molecule has 0 aromatic heterocycles. The second-order valence-corrected chi connectivity index (χ2v) is 6.77. The Balaban J connectivity index is 1.64. The molecule has 1 fully saturated rings. The summed E-state index contributed by atoms with van der Waals surface area (Å²) >= 11 is 0. The van der Waals surface area contributed by atoms with E-state index in [1.165, 1.54) is 0 Å². The highest BCUT2D eigenvalue weighted by Crippen LogP contribution is 2.17. The van der Waals surface area contributed by atoms with E-state index in [9.17, 15) is 14.4 Å². The van der Waals surface area contributed by atoms with Crippen LogP contribution in [-0.2, 0) is 22.6 Å². The van der Waals surface area contributed by atoms with Gasteiger partial charge in [0.1, 0.15) is 0 Å². The number of carbonyl (C=O) groups is 3. The summed E-state index contributed by atoms with van der Waals surface area (Å²) in [5.74, 6) is -1.08. The number of nitrogens with zero attached hydrogens (tertiary/aromatic N) is 2. The number of piperazine rings is 1. The summed E-state index contributed by atoms with van der Waals surface area (Å²) in [6.45, 7) is 5.90. The van der Waals surface area contributed by atoms with Gasteiger partial charge in [0.15, 0.2) is 0 Å². The topological polar surface area (TPSA) is 69.7 Å². The standard InChI is InChI=1S/C22H25N3O3/c1-3-17-7-5-6-8-19(17)23-20(26)18-11-9-16(10-12-18)15-25-14-13-24(4-2)21(27)22(25)28/h5-12H,3-4,13-15H2,1-2H3,(H,23,26). The summed E-state index contributed by atoms with van der Waals surface area (Å²) in [5, 5.41) is 2.95. The van der Waals surface area contributed by atoms with Crippen molar-refractivity contribution in [3.63, 3.8) is 0 Å². The van der Waals surface area contributed by atoms with Gasteiger partial charge in [0.2, 0.25) is 0 Å². The van der Waals surface area contributed by atoms with Gasteiger partial charge in [-0.25, -0.2) is 0 Å². The van der Waals surface area contributed by atoms with Crippen molar-refractivity contribution in [1.29, 1.82) is 0 Å². The highest BCUT2D eigenvalue weighted by molar-refractivity contribution is 6.35. The fourth-order valence-electron chi connectivity index (χ4n) is 3.29. The molecule has 0 atom stereocenters. The average molecular weight is 379 g/mol. The third-order valence-corrected chi connectivity index (χ3v) is 5.01. The van der Waals surface area contributed by atoms with Crippen molar-refractivity contribution in [1.82, 2.24) is 9.80 Å². The van der Waals surface area contributed by atoms with E-state index >= 15 is 0 Å². The first-order chi connectivity index (χ1) is 13.5. The third kappa shape index (κ3) is 4.22. The number of hydrogen-bond acceptors (Lipinski definition) is 3. The Hall–Kier alpha value is -3.15. The fourth-order valence-corrected chi connectivity index (χ4v) is 3.29. The van der Waals surface area contributed by atoms with Crippen LogP contribution in [0.4, 0.5) is 5.69 Å². The fraction of sp³-hybridized carbons (Fsp3) is 0.318. The largest absolute Gasteiger partial charge is 0.333 e. The number of aryl methyl sites for hydroxylation is 1. The van der Waals surface area contributed by atoms with Crippen molar-refractivity contribution in [3.05, 3.63) is 65.2 Å². The number of anilines is 1. The molecule has 146 valence electrons. The number of rotatable bonds is 6. The van der Waals surface area contributed by atoms with Gasteiger partial charge in [0.25, 0.3) is 5.91 Å². The number of hydrogen-bond donors (Lipinski definition) is 1. The maximum Gasteiger partial charge on any atom is 0.312 e. The average Bonchev–Trinajstić information content (AvgIpc) is 2.72. The molecule has 6 nitrogen and oxygen atoms in total. The van der Waals surface area contributed by atoms with E-state index in [1.807, 2.05) is 50.2 Å². The Morgan fingerprint density at radius 3 is 2.25 bits per heavy atom. The Labute approximate surface area is 165 Å². The molecule has 1 N–H and O–H groups in total. The predicted molar refractivity (Wildman–Crippen MR) is 108 cm³/mol. The zero-order valence-corrected chi connectivity index (χ0v) is 16.3. The van der Waals surface area contributed by atoms with E-state index in [0.29, 0.717) is 31.7 Å². The Morgan fingerprint density at radius 1 is 0.929 bits per heavy atom. The van der Waals surface area contributed by atoms with Crippen molar-refractivity contribution in [2.75, 3.05) is 25.0 Å². The molecule has 1 saturated heterocycles. The molecular formula is C22H25N3O3. The third-order valence-electron chi connectivity index (χ3n) is 5.01. The molecule has 0 unspecified atom stereocenters. The molecule has 0 aliphatic carbocycles. The van der Waals surface area contributed by atoms with E-state index in [4.69, 9.17) is 0 Å². The zero-order valence-electron chi connectivity index (χ0n) is 16.3. The maximum atomic E-state index is 12.5. The van der Waals surface area contributed by atoms with Crippen LogP contribution >= 0.6 is 0 Å². The van der Waals surface area contributed by atoms with Gasteiger partial charge in [-0.05, 0) is 42.7 Å². The van der Waals surface area contributed by atoms with E-state index in [2.05, 4.69) is 5.32 Å². The molecule has 0 saturated carbocycles. The molecule has 3 amide bonds. The lowest BCUT2D eigenvalue weighted by Gasteiger charge is -2.33. The van der Waals surface area contributed by atoms with E-state index in [-0.39, 0.29) is 5.91 Å². The van der Waals surface area contributed by atoms with Gasteiger partial charge in [0, 0.05) is 37.4 Å². The Kier molecular flexibility index (Phi) is 6.09. The number of amides is 3. The van der Waals surface area contributed by atoms with E-state index < -0.39 is 11.8 Å². The van der Waals surface area contributed by atoms with Crippen LogP contribution in [0.2, 0.25) is 0 Å². The normalized spacial score (nSPS) is 14.4. The van der Waals surface area contributed by atoms with Gasteiger partial charge in [-0.2, -0.15) is 0 Å². The zero-order chi connectivity index (χ0) is 20.1. The van der Waals surface area contributed by atoms with Crippen LogP contribution in [-0.4, -0.2) is 47.2 Å². The summed E-state index contributed by atoms with van der Waals surface area (Å²) in [4.78, 5) is 39.9. The van der Waals surface area contributed by atoms with Gasteiger partial charge >= 0.3 is 11.8 Å². The molecule has 2 aromatic rings. The Bertz CT molecular complexity index is 877. The van der Waals surface area contributed by atoms with Crippen molar-refractivity contribution >= 4 is 23.4 Å². The lowest BCUT2D eigenvalue weighted by atomic mass is 10.1. The minimum atomic E-state index is -0.467. The van der Waals surface area contributed by atoms with Crippen molar-refractivity contribution in [2.45, 2.75) is 26.8 Å². The molecular weight excluding hydrogens is 354 g/mol. The van der Waals surface area contributed by atoms with Gasteiger partial charge in [-0.1, -0.05) is 37.3 Å². The monoisotopic (exact) mass is 379 g/mol. The van der Waals surface area contributed by atoms with Crippen LogP contribution in [0, 0.1) is 0 Å². The molecule has 0 spiro atoms. The van der Waals surface area contributed by atoms with Gasteiger partial charge in [-0.15, -0.1) is 0 Å². The molecule has 1 aliphatic rings. The first kappa shape index (κ1) is 19.6. The number of nitrogens with one attached hydrogen (secondary N) is 1. The van der Waals surface area contributed by atoms with Crippen molar-refractivity contribution < 1.29 is 14.4 Å². The van der Waals surface area contributed by atoms with Crippen LogP contribution in [0.3, 0.4) is 0 Å². The van der Waals surface area contributed by atoms with E-state index in [1.54, 1.807) is 21.9 Å². The highest BCUT2D eigenvalue weighted by Gasteiger charge is 2.31. The minimum absolute atomic E-state index is 0.171. The lowest BCUT2D eigenvalue weighted by molar-refractivity contribution is -0.156. The quantitative estimate of drug-likeness (QED) is 0.785. The van der Waals surface area contributed by atoms with Crippen LogP contribution in [0.5, 0.6) is 0 Å². The van der Waals surface area contributed by atoms with Crippen LogP contribution in [0.15, 0.2) is 48.5 Å². The SMILES string of the molecule is CCc1ccccc1NC(=O)c1ccc(CN2CCN(CC)C(=O)C2=O)cc1. The molecule has 3 rings (SSSR count). The lowest BCUT2D eigenvalue weighted by Crippen LogP contribution is -2.53. The van der Waals surface area contributed by atoms with Crippen LogP contribution in [0.1, 0.15) is 35.3 Å². The molecule has 0 radical (unpaired) electrons.